The number of imide groups is 1. The lowest BCUT2D eigenvalue weighted by Gasteiger charge is -2.21. The molecule has 1 aliphatic heterocycles. The first kappa shape index (κ1) is 19.9. The van der Waals surface area contributed by atoms with Crippen LogP contribution in [0.15, 0.2) is 30.3 Å². The lowest BCUT2D eigenvalue weighted by atomic mass is 9.97. The Bertz CT molecular complexity index is 656. The van der Waals surface area contributed by atoms with Crippen LogP contribution in [-0.2, 0) is 9.59 Å². The number of urea groups is 1. The molecule has 1 heterocycles. The number of carbonyl (C=O) groups excluding carboxylic acids is 3. The Balaban J connectivity index is 1.87. The fourth-order valence-corrected chi connectivity index (χ4v) is 3.12. The Kier molecular flexibility index (Phi) is 6.40. The molecule has 1 fully saturated rings. The first-order valence-electron chi connectivity index (χ1n) is 9.19. The van der Waals surface area contributed by atoms with Gasteiger partial charge in [0.15, 0.2) is 0 Å². The molecule has 142 valence electrons. The van der Waals surface area contributed by atoms with Crippen LogP contribution < -0.4 is 10.6 Å². The number of carbonyl (C=O) groups is 3. The van der Waals surface area contributed by atoms with Crippen molar-refractivity contribution in [1.82, 2.24) is 15.5 Å². The third kappa shape index (κ3) is 5.07. The summed E-state index contributed by atoms with van der Waals surface area (Å²) < 4.78 is 0. The molecule has 0 aliphatic carbocycles. The number of amides is 4. The van der Waals surface area contributed by atoms with E-state index in [1.54, 1.807) is 13.8 Å². The zero-order valence-electron chi connectivity index (χ0n) is 16.0. The number of benzene rings is 1. The molecule has 0 aromatic heterocycles. The summed E-state index contributed by atoms with van der Waals surface area (Å²) in [4.78, 5) is 37.5. The molecule has 1 atom stereocenters. The smallest absolute Gasteiger partial charge is 0.325 e. The van der Waals surface area contributed by atoms with E-state index >= 15 is 0 Å². The maximum atomic E-state index is 12.4. The molecule has 1 saturated heterocycles. The van der Waals surface area contributed by atoms with Gasteiger partial charge in [-0.15, -0.1) is 0 Å². The first-order valence-corrected chi connectivity index (χ1v) is 9.19. The maximum absolute atomic E-state index is 12.4. The van der Waals surface area contributed by atoms with Crippen LogP contribution in [0.1, 0.15) is 58.6 Å². The number of nitrogens with one attached hydrogen (secondary N) is 2. The molecule has 6 heteroatoms. The monoisotopic (exact) mass is 359 g/mol. The van der Waals surface area contributed by atoms with Gasteiger partial charge in [-0.2, -0.15) is 0 Å². The van der Waals surface area contributed by atoms with E-state index in [0.29, 0.717) is 12.3 Å². The van der Waals surface area contributed by atoms with Crippen molar-refractivity contribution in [2.45, 2.75) is 58.5 Å². The van der Waals surface area contributed by atoms with Crippen LogP contribution in [0.2, 0.25) is 0 Å². The summed E-state index contributed by atoms with van der Waals surface area (Å²) in [5, 5.41) is 5.73. The minimum absolute atomic E-state index is 0.0284. The molecule has 0 bridgehead atoms. The zero-order valence-corrected chi connectivity index (χ0v) is 16.0. The molecule has 4 amide bonds. The van der Waals surface area contributed by atoms with Crippen LogP contribution in [0, 0.1) is 5.92 Å². The molecule has 0 saturated carbocycles. The predicted molar refractivity (Wildman–Crippen MR) is 100 cm³/mol. The Morgan fingerprint density at radius 1 is 1.19 bits per heavy atom. The second-order valence-electron chi connectivity index (χ2n) is 7.78. The number of nitrogens with zero attached hydrogens (tertiary/aromatic N) is 1. The molecule has 26 heavy (non-hydrogen) atoms. The molecule has 1 unspecified atom stereocenters. The summed E-state index contributed by atoms with van der Waals surface area (Å²) in [6.45, 7) is 7.86. The largest absolute Gasteiger partial charge is 0.349 e. The van der Waals surface area contributed by atoms with E-state index in [9.17, 15) is 14.4 Å². The number of hydrogen-bond acceptors (Lipinski definition) is 3. The Morgan fingerprint density at radius 3 is 2.38 bits per heavy atom. The average molecular weight is 359 g/mol. The first-order chi connectivity index (χ1) is 12.2. The van der Waals surface area contributed by atoms with Gasteiger partial charge < -0.3 is 10.6 Å². The van der Waals surface area contributed by atoms with Crippen molar-refractivity contribution in [2.75, 3.05) is 6.54 Å². The van der Waals surface area contributed by atoms with E-state index in [1.807, 2.05) is 30.3 Å². The second kappa shape index (κ2) is 8.34. The normalized spacial score (nSPS) is 17.3. The van der Waals surface area contributed by atoms with Crippen molar-refractivity contribution in [1.29, 1.82) is 0 Å². The van der Waals surface area contributed by atoms with Gasteiger partial charge in [0.1, 0.15) is 5.54 Å². The highest BCUT2D eigenvalue weighted by Gasteiger charge is 2.43. The maximum Gasteiger partial charge on any atom is 0.325 e. The van der Waals surface area contributed by atoms with Crippen LogP contribution in [0.4, 0.5) is 4.79 Å². The molecule has 2 N–H and O–H groups in total. The van der Waals surface area contributed by atoms with E-state index < -0.39 is 5.54 Å². The third-order valence-electron chi connectivity index (χ3n) is 4.47. The van der Waals surface area contributed by atoms with E-state index in [-0.39, 0.29) is 36.9 Å². The van der Waals surface area contributed by atoms with Crippen LogP contribution in [0.25, 0.3) is 0 Å². The van der Waals surface area contributed by atoms with Crippen LogP contribution in [-0.4, -0.2) is 34.8 Å². The van der Waals surface area contributed by atoms with Crippen LogP contribution in [0.3, 0.4) is 0 Å². The van der Waals surface area contributed by atoms with Gasteiger partial charge in [0.25, 0.3) is 5.91 Å². The van der Waals surface area contributed by atoms with Gasteiger partial charge in [-0.25, -0.2) is 4.79 Å². The van der Waals surface area contributed by atoms with E-state index in [2.05, 4.69) is 24.5 Å². The quantitative estimate of drug-likeness (QED) is 0.700. The van der Waals surface area contributed by atoms with Crippen molar-refractivity contribution in [3.05, 3.63) is 35.9 Å². The highest BCUT2D eigenvalue weighted by Crippen LogP contribution is 2.21. The van der Waals surface area contributed by atoms with Crippen LogP contribution in [0.5, 0.6) is 0 Å². The molecule has 0 radical (unpaired) electrons. The molecular weight excluding hydrogens is 330 g/mol. The van der Waals surface area contributed by atoms with E-state index in [4.69, 9.17) is 0 Å². The van der Waals surface area contributed by atoms with Crippen molar-refractivity contribution in [2.24, 2.45) is 5.92 Å². The zero-order chi connectivity index (χ0) is 19.3. The highest BCUT2D eigenvalue weighted by molar-refractivity contribution is 6.06. The summed E-state index contributed by atoms with van der Waals surface area (Å²) in [5.74, 6) is 0.143. The summed E-state index contributed by atoms with van der Waals surface area (Å²) >= 11 is 0. The minimum Gasteiger partial charge on any atom is -0.349 e. The van der Waals surface area contributed by atoms with Crippen molar-refractivity contribution in [3.63, 3.8) is 0 Å². The van der Waals surface area contributed by atoms with E-state index in [0.717, 1.165) is 12.0 Å². The summed E-state index contributed by atoms with van der Waals surface area (Å²) in [6, 6.07) is 9.51. The van der Waals surface area contributed by atoms with Gasteiger partial charge in [-0.3, -0.25) is 14.5 Å². The average Bonchev–Trinajstić information content (AvgIpc) is 2.76. The Hall–Kier alpha value is -2.37. The lowest BCUT2D eigenvalue weighted by Crippen LogP contribution is -2.40. The molecule has 6 nitrogen and oxygen atoms in total. The number of hydrogen-bond donors (Lipinski definition) is 2. The van der Waals surface area contributed by atoms with Crippen molar-refractivity contribution >= 4 is 17.8 Å². The molecule has 1 aliphatic rings. The minimum atomic E-state index is -0.866. The van der Waals surface area contributed by atoms with Gasteiger partial charge in [-0.05, 0) is 38.2 Å². The Morgan fingerprint density at radius 2 is 1.85 bits per heavy atom. The lowest BCUT2D eigenvalue weighted by molar-refractivity contribution is -0.130. The molecule has 1 aromatic rings. The second-order valence-corrected chi connectivity index (χ2v) is 7.78. The van der Waals surface area contributed by atoms with Crippen molar-refractivity contribution < 1.29 is 14.4 Å². The van der Waals surface area contributed by atoms with Gasteiger partial charge in [0, 0.05) is 13.0 Å². The molecule has 2 rings (SSSR count). The third-order valence-corrected chi connectivity index (χ3v) is 4.47. The van der Waals surface area contributed by atoms with E-state index in [1.165, 1.54) is 4.90 Å². The fraction of sp³-hybridized carbons (Fsp3) is 0.550. The Labute approximate surface area is 155 Å². The van der Waals surface area contributed by atoms with Crippen molar-refractivity contribution in [3.8, 4) is 0 Å². The van der Waals surface area contributed by atoms with Crippen LogP contribution >= 0.6 is 0 Å². The van der Waals surface area contributed by atoms with Gasteiger partial charge in [-0.1, -0.05) is 44.2 Å². The fourth-order valence-electron chi connectivity index (χ4n) is 3.12. The SMILES string of the molecule is CC(C)CC(NC(=O)CCCN1C(=O)NC(C)(C)C1=O)c1ccccc1. The molecule has 1 aromatic carbocycles. The van der Waals surface area contributed by atoms with Gasteiger partial charge in [0.05, 0.1) is 6.04 Å². The summed E-state index contributed by atoms with van der Waals surface area (Å²) in [7, 11) is 0. The van der Waals surface area contributed by atoms with Gasteiger partial charge in [0.2, 0.25) is 5.91 Å². The molecular formula is C20H29N3O3. The summed E-state index contributed by atoms with van der Waals surface area (Å²) in [5.41, 5.74) is 0.222. The standard InChI is InChI=1S/C20H29N3O3/c1-14(2)13-16(15-9-6-5-7-10-15)21-17(24)11-8-12-23-18(25)20(3,4)22-19(23)26/h5-7,9-10,14,16H,8,11-13H2,1-4H3,(H,21,24)(H,22,26). The summed E-state index contributed by atoms with van der Waals surface area (Å²) in [6.07, 6.45) is 1.58. The molecule has 0 spiro atoms. The topological polar surface area (TPSA) is 78.5 Å². The highest BCUT2D eigenvalue weighted by atomic mass is 16.2. The van der Waals surface area contributed by atoms with Gasteiger partial charge >= 0.3 is 6.03 Å². The predicted octanol–water partition coefficient (Wildman–Crippen LogP) is 3.00. The number of rotatable bonds is 8.